The Labute approximate surface area is 150 Å². The molecule has 1 aromatic heterocycles. The fourth-order valence-corrected chi connectivity index (χ4v) is 2.85. The van der Waals surface area contributed by atoms with Crippen LogP contribution in [0.1, 0.15) is 34.3 Å². The maximum Gasteiger partial charge on any atom is 0.258 e. The standard InChI is InChI=1S/C17H13N3O2.C3H5F/c1-11-6-7-12(16-18-10-22-19-16)8-15(11)20-9-13-4-2-3-5-14(13)17(20)21;4-3-1-2-3/h2-8,10H,9H2,1H3;3H,1-2H2. The summed E-state index contributed by atoms with van der Waals surface area (Å²) in [6, 6.07) is 13.5. The van der Waals surface area contributed by atoms with Crippen molar-refractivity contribution in [1.29, 1.82) is 0 Å². The molecule has 1 aliphatic heterocycles. The minimum atomic E-state index is -0.417. The lowest BCUT2D eigenvalue weighted by Gasteiger charge is -2.19. The number of nitrogens with zero attached hydrogens (tertiary/aromatic N) is 3. The zero-order valence-electron chi connectivity index (χ0n) is 14.4. The Hall–Kier alpha value is -3.02. The molecule has 5 nitrogen and oxygen atoms in total. The molecule has 0 atom stereocenters. The Balaban J connectivity index is 0.000000373. The normalized spacial score (nSPS) is 15.5. The van der Waals surface area contributed by atoms with Crippen LogP contribution < -0.4 is 4.90 Å². The second-order valence-electron chi connectivity index (χ2n) is 6.48. The van der Waals surface area contributed by atoms with Gasteiger partial charge in [0.1, 0.15) is 6.17 Å². The number of aryl methyl sites for hydroxylation is 1. The van der Waals surface area contributed by atoms with Crippen LogP contribution >= 0.6 is 0 Å². The SMILES string of the molecule is Cc1ccc(-c2ncon2)cc1N1Cc2ccccc2C1=O.FC1CC1. The number of benzene rings is 2. The predicted molar refractivity (Wildman–Crippen MR) is 95.6 cm³/mol. The summed E-state index contributed by atoms with van der Waals surface area (Å²) in [6.07, 6.45) is 2.52. The first-order chi connectivity index (χ1) is 12.6. The van der Waals surface area contributed by atoms with Gasteiger partial charge in [0.2, 0.25) is 12.2 Å². The molecule has 0 bridgehead atoms. The summed E-state index contributed by atoms with van der Waals surface area (Å²) in [6.45, 7) is 2.58. The van der Waals surface area contributed by atoms with Crippen LogP contribution in [0.25, 0.3) is 11.4 Å². The van der Waals surface area contributed by atoms with E-state index in [9.17, 15) is 9.18 Å². The number of fused-ring (bicyclic) bond motifs is 1. The monoisotopic (exact) mass is 351 g/mol. The molecule has 1 fully saturated rings. The van der Waals surface area contributed by atoms with Crippen LogP contribution in [0.15, 0.2) is 53.4 Å². The molecule has 2 heterocycles. The van der Waals surface area contributed by atoms with Crippen LogP contribution in [-0.4, -0.2) is 22.2 Å². The Kier molecular flexibility index (Phi) is 4.24. The summed E-state index contributed by atoms with van der Waals surface area (Å²) in [7, 11) is 0. The van der Waals surface area contributed by atoms with Crippen LogP contribution in [-0.2, 0) is 6.54 Å². The van der Waals surface area contributed by atoms with Crippen molar-refractivity contribution in [3.63, 3.8) is 0 Å². The van der Waals surface area contributed by atoms with Gasteiger partial charge in [0.25, 0.3) is 5.91 Å². The minimum Gasteiger partial charge on any atom is -0.342 e. The molecule has 3 aromatic rings. The van der Waals surface area contributed by atoms with Gasteiger partial charge < -0.3 is 9.42 Å². The van der Waals surface area contributed by atoms with Crippen molar-refractivity contribution in [3.8, 4) is 11.4 Å². The quantitative estimate of drug-likeness (QED) is 0.690. The largest absolute Gasteiger partial charge is 0.342 e. The molecule has 0 radical (unpaired) electrons. The summed E-state index contributed by atoms with van der Waals surface area (Å²) >= 11 is 0. The second-order valence-corrected chi connectivity index (χ2v) is 6.48. The summed E-state index contributed by atoms with van der Waals surface area (Å²) in [5.41, 5.74) is 4.57. The summed E-state index contributed by atoms with van der Waals surface area (Å²) in [5, 5.41) is 3.85. The number of hydrogen-bond acceptors (Lipinski definition) is 4. The lowest BCUT2D eigenvalue weighted by Crippen LogP contribution is -2.23. The van der Waals surface area contributed by atoms with Gasteiger partial charge >= 0.3 is 0 Å². The topological polar surface area (TPSA) is 59.2 Å². The Morgan fingerprint density at radius 2 is 1.96 bits per heavy atom. The number of amides is 1. The van der Waals surface area contributed by atoms with E-state index in [4.69, 9.17) is 4.52 Å². The van der Waals surface area contributed by atoms with Crippen molar-refractivity contribution in [2.24, 2.45) is 0 Å². The Morgan fingerprint density at radius 1 is 1.19 bits per heavy atom. The number of rotatable bonds is 2. The van der Waals surface area contributed by atoms with E-state index < -0.39 is 6.17 Å². The van der Waals surface area contributed by atoms with Crippen LogP contribution in [0, 0.1) is 6.92 Å². The Bertz CT molecular complexity index is 936. The highest BCUT2D eigenvalue weighted by atomic mass is 19.1. The molecule has 0 N–H and O–H groups in total. The van der Waals surface area contributed by atoms with E-state index in [2.05, 4.69) is 10.1 Å². The van der Waals surface area contributed by atoms with Gasteiger partial charge in [-0.3, -0.25) is 4.79 Å². The highest BCUT2D eigenvalue weighted by molar-refractivity contribution is 6.10. The van der Waals surface area contributed by atoms with Gasteiger partial charge in [-0.05, 0) is 43.0 Å². The molecule has 1 saturated carbocycles. The Morgan fingerprint density at radius 3 is 2.62 bits per heavy atom. The molecule has 132 valence electrons. The third-order valence-corrected chi connectivity index (χ3v) is 4.45. The number of aromatic nitrogens is 2. The van der Waals surface area contributed by atoms with E-state index in [1.54, 1.807) is 4.90 Å². The van der Waals surface area contributed by atoms with Crippen molar-refractivity contribution in [2.75, 3.05) is 4.90 Å². The lowest BCUT2D eigenvalue weighted by atomic mass is 10.1. The summed E-state index contributed by atoms with van der Waals surface area (Å²) in [4.78, 5) is 18.5. The first-order valence-electron chi connectivity index (χ1n) is 8.54. The van der Waals surface area contributed by atoms with Gasteiger partial charge in [0, 0.05) is 16.8 Å². The molecule has 26 heavy (non-hydrogen) atoms. The summed E-state index contributed by atoms with van der Waals surface area (Å²) in [5.74, 6) is 0.550. The number of halogens is 1. The van der Waals surface area contributed by atoms with Crippen molar-refractivity contribution >= 4 is 11.6 Å². The minimum absolute atomic E-state index is 0.0314. The van der Waals surface area contributed by atoms with Gasteiger partial charge in [0.05, 0.1) is 6.54 Å². The van der Waals surface area contributed by atoms with Gasteiger partial charge in [-0.25, -0.2) is 4.39 Å². The fourth-order valence-electron chi connectivity index (χ4n) is 2.85. The molecule has 1 amide bonds. The van der Waals surface area contributed by atoms with Crippen molar-refractivity contribution < 1.29 is 13.7 Å². The maximum atomic E-state index is 12.6. The second kappa shape index (κ2) is 6.71. The van der Waals surface area contributed by atoms with Crippen LogP contribution in [0.4, 0.5) is 10.1 Å². The van der Waals surface area contributed by atoms with Gasteiger partial charge in [-0.2, -0.15) is 4.98 Å². The molecule has 0 unspecified atom stereocenters. The molecule has 0 saturated heterocycles. The zero-order chi connectivity index (χ0) is 18.1. The van der Waals surface area contributed by atoms with E-state index >= 15 is 0 Å². The molecular formula is C20H18FN3O2. The first-order valence-corrected chi connectivity index (χ1v) is 8.54. The van der Waals surface area contributed by atoms with E-state index in [0.717, 1.165) is 40.8 Å². The smallest absolute Gasteiger partial charge is 0.258 e. The fraction of sp³-hybridized carbons (Fsp3) is 0.250. The molecular weight excluding hydrogens is 333 g/mol. The van der Waals surface area contributed by atoms with Crippen molar-refractivity contribution in [1.82, 2.24) is 10.1 Å². The van der Waals surface area contributed by atoms with E-state index in [1.165, 1.54) is 6.39 Å². The highest BCUT2D eigenvalue weighted by Crippen LogP contribution is 2.32. The number of carbonyl (C=O) groups excluding carboxylic acids is 1. The molecule has 6 heteroatoms. The third-order valence-electron chi connectivity index (χ3n) is 4.45. The molecule has 1 aliphatic carbocycles. The number of hydrogen-bond donors (Lipinski definition) is 0. The average Bonchev–Trinajstić information content (AvgIpc) is 3.13. The zero-order valence-corrected chi connectivity index (χ0v) is 14.4. The van der Waals surface area contributed by atoms with Crippen LogP contribution in [0.2, 0.25) is 0 Å². The van der Waals surface area contributed by atoms with Crippen molar-refractivity contribution in [2.45, 2.75) is 32.5 Å². The van der Waals surface area contributed by atoms with Crippen LogP contribution in [0.3, 0.4) is 0 Å². The van der Waals surface area contributed by atoms with E-state index in [0.29, 0.717) is 12.4 Å². The van der Waals surface area contributed by atoms with Gasteiger partial charge in [0.15, 0.2) is 0 Å². The molecule has 2 aliphatic rings. The van der Waals surface area contributed by atoms with Crippen molar-refractivity contribution in [3.05, 3.63) is 65.5 Å². The molecule has 5 rings (SSSR count). The maximum absolute atomic E-state index is 12.6. The van der Waals surface area contributed by atoms with Crippen LogP contribution in [0.5, 0.6) is 0 Å². The summed E-state index contributed by atoms with van der Waals surface area (Å²) < 4.78 is 15.9. The van der Waals surface area contributed by atoms with Gasteiger partial charge in [-0.15, -0.1) is 0 Å². The average molecular weight is 351 g/mol. The number of alkyl halides is 1. The highest BCUT2D eigenvalue weighted by Gasteiger charge is 2.29. The van der Waals surface area contributed by atoms with E-state index in [-0.39, 0.29) is 5.91 Å². The first kappa shape index (κ1) is 16.4. The number of anilines is 1. The number of carbonyl (C=O) groups is 1. The lowest BCUT2D eigenvalue weighted by molar-refractivity contribution is 0.0996. The molecule has 2 aromatic carbocycles. The predicted octanol–water partition coefficient (Wildman–Crippen LogP) is 4.32. The van der Waals surface area contributed by atoms with E-state index in [1.807, 2.05) is 49.4 Å². The third kappa shape index (κ3) is 3.22. The molecule has 0 spiro atoms. The van der Waals surface area contributed by atoms with Gasteiger partial charge in [-0.1, -0.05) is 35.5 Å².